The number of aromatic nitrogens is 1. The standard InChI is InChI=1S/C26H29Cl2N3O3/c1-25(2,3)34-24(33)31-14-12-26(13-15-31,17-8-6-5-7-9-17)29-23(32)21-16-18-20(30(21)4)11-10-19(27)22(18)28/h5-11,16H,12-15H2,1-4H3,(H,29,32). The largest absolute Gasteiger partial charge is 0.444 e. The molecule has 8 heteroatoms. The van der Waals surface area contributed by atoms with Crippen molar-refractivity contribution in [1.29, 1.82) is 0 Å². The van der Waals surface area contributed by atoms with Crippen molar-refractivity contribution in [3.05, 3.63) is 69.8 Å². The fourth-order valence-corrected chi connectivity index (χ4v) is 4.87. The van der Waals surface area contributed by atoms with Crippen LogP contribution in [0.1, 0.15) is 49.7 Å². The van der Waals surface area contributed by atoms with Crippen LogP contribution in [0.25, 0.3) is 10.9 Å². The molecule has 1 N–H and O–H groups in total. The van der Waals surface area contributed by atoms with Gasteiger partial charge < -0.3 is 19.5 Å². The van der Waals surface area contributed by atoms with E-state index in [1.165, 1.54) is 0 Å². The minimum Gasteiger partial charge on any atom is -0.444 e. The molecule has 6 nitrogen and oxygen atoms in total. The van der Waals surface area contributed by atoms with Crippen molar-refractivity contribution >= 4 is 46.1 Å². The molecule has 1 aliphatic heterocycles. The van der Waals surface area contributed by atoms with E-state index < -0.39 is 11.1 Å². The van der Waals surface area contributed by atoms with Gasteiger partial charge in [-0.2, -0.15) is 0 Å². The molecule has 4 rings (SSSR count). The Hall–Kier alpha value is -2.70. The number of halogens is 2. The number of nitrogens with zero attached hydrogens (tertiary/aromatic N) is 2. The van der Waals surface area contributed by atoms with Crippen molar-refractivity contribution in [2.75, 3.05) is 13.1 Å². The average molecular weight is 502 g/mol. The summed E-state index contributed by atoms with van der Waals surface area (Å²) >= 11 is 12.6. The summed E-state index contributed by atoms with van der Waals surface area (Å²) in [7, 11) is 1.84. The van der Waals surface area contributed by atoms with E-state index in [2.05, 4.69) is 5.32 Å². The zero-order valence-corrected chi connectivity index (χ0v) is 21.3. The Balaban J connectivity index is 1.62. The number of aryl methyl sites for hydroxylation is 1. The van der Waals surface area contributed by atoms with Crippen molar-refractivity contribution < 1.29 is 14.3 Å². The van der Waals surface area contributed by atoms with Crippen LogP contribution in [-0.2, 0) is 17.3 Å². The quantitative estimate of drug-likeness (QED) is 0.468. The molecule has 3 aromatic rings. The first-order valence-corrected chi connectivity index (χ1v) is 12.1. The van der Waals surface area contributed by atoms with E-state index in [9.17, 15) is 9.59 Å². The van der Waals surface area contributed by atoms with Crippen LogP contribution >= 0.6 is 23.2 Å². The van der Waals surface area contributed by atoms with Crippen molar-refractivity contribution in [2.24, 2.45) is 7.05 Å². The maximum atomic E-state index is 13.6. The minimum absolute atomic E-state index is 0.208. The predicted octanol–water partition coefficient (Wildman–Crippen LogP) is 6.14. The number of carbonyl (C=O) groups is 2. The Kier molecular flexibility index (Phi) is 6.58. The van der Waals surface area contributed by atoms with Crippen LogP contribution in [0.3, 0.4) is 0 Å². The van der Waals surface area contributed by atoms with Gasteiger partial charge in [-0.15, -0.1) is 0 Å². The molecule has 180 valence electrons. The van der Waals surface area contributed by atoms with Crippen LogP contribution in [0, 0.1) is 0 Å². The zero-order valence-electron chi connectivity index (χ0n) is 19.8. The van der Waals surface area contributed by atoms with Gasteiger partial charge in [0, 0.05) is 31.0 Å². The molecule has 0 radical (unpaired) electrons. The molecule has 0 unspecified atom stereocenters. The highest BCUT2D eigenvalue weighted by Crippen LogP contribution is 2.36. The lowest BCUT2D eigenvalue weighted by Gasteiger charge is -2.43. The third-order valence-electron chi connectivity index (χ3n) is 6.29. The van der Waals surface area contributed by atoms with Crippen LogP contribution in [-0.4, -0.2) is 40.2 Å². The Morgan fingerprint density at radius 2 is 1.68 bits per heavy atom. The molecule has 1 saturated heterocycles. The number of nitrogens with one attached hydrogen (secondary N) is 1. The van der Waals surface area contributed by atoms with Crippen LogP contribution < -0.4 is 5.32 Å². The predicted molar refractivity (Wildman–Crippen MR) is 136 cm³/mol. The topological polar surface area (TPSA) is 63.6 Å². The number of likely N-dealkylation sites (tertiary alicyclic amines) is 1. The van der Waals surface area contributed by atoms with E-state index in [4.69, 9.17) is 27.9 Å². The summed E-state index contributed by atoms with van der Waals surface area (Å²) in [4.78, 5) is 27.9. The van der Waals surface area contributed by atoms with E-state index in [-0.39, 0.29) is 12.0 Å². The maximum Gasteiger partial charge on any atom is 0.410 e. The minimum atomic E-state index is -0.616. The summed E-state index contributed by atoms with van der Waals surface area (Å²) in [6.07, 6.45) is 0.803. The Labute approximate surface area is 209 Å². The van der Waals surface area contributed by atoms with Gasteiger partial charge >= 0.3 is 6.09 Å². The maximum absolute atomic E-state index is 13.6. The monoisotopic (exact) mass is 501 g/mol. The molecule has 2 amide bonds. The smallest absolute Gasteiger partial charge is 0.410 e. The van der Waals surface area contributed by atoms with Crippen molar-refractivity contribution in [1.82, 2.24) is 14.8 Å². The third-order valence-corrected chi connectivity index (χ3v) is 7.11. The van der Waals surface area contributed by atoms with Crippen LogP contribution in [0.15, 0.2) is 48.5 Å². The molecule has 0 aliphatic carbocycles. The summed E-state index contributed by atoms with van der Waals surface area (Å²) in [5, 5.41) is 4.90. The van der Waals surface area contributed by atoms with E-state index in [1.807, 2.05) is 68.8 Å². The first kappa shape index (κ1) is 24.4. The summed E-state index contributed by atoms with van der Waals surface area (Å²) in [5.74, 6) is -0.208. The molecule has 1 fully saturated rings. The van der Waals surface area contributed by atoms with Crippen molar-refractivity contribution in [2.45, 2.75) is 44.8 Å². The fraction of sp³-hybridized carbons (Fsp3) is 0.385. The van der Waals surface area contributed by atoms with E-state index >= 15 is 0 Å². The number of ether oxygens (including phenoxy) is 1. The lowest BCUT2D eigenvalue weighted by molar-refractivity contribution is 0.0145. The Morgan fingerprint density at radius 3 is 2.29 bits per heavy atom. The molecule has 1 aromatic heterocycles. The Morgan fingerprint density at radius 1 is 1.03 bits per heavy atom. The second-order valence-electron chi connectivity index (χ2n) is 9.75. The van der Waals surface area contributed by atoms with Crippen molar-refractivity contribution in [3.63, 3.8) is 0 Å². The normalized spacial score (nSPS) is 15.9. The van der Waals surface area contributed by atoms with Gasteiger partial charge in [0.05, 0.1) is 15.6 Å². The number of fused-ring (bicyclic) bond motifs is 1. The van der Waals surface area contributed by atoms with E-state index in [1.54, 1.807) is 17.0 Å². The van der Waals surface area contributed by atoms with Gasteiger partial charge in [0.2, 0.25) is 0 Å². The molecule has 34 heavy (non-hydrogen) atoms. The number of rotatable bonds is 3. The lowest BCUT2D eigenvalue weighted by Crippen LogP contribution is -2.54. The Bertz CT molecular complexity index is 1220. The second-order valence-corrected chi connectivity index (χ2v) is 10.5. The molecule has 2 aromatic carbocycles. The highest BCUT2D eigenvalue weighted by atomic mass is 35.5. The molecule has 0 bridgehead atoms. The number of carbonyl (C=O) groups excluding carboxylic acids is 2. The van der Waals surface area contributed by atoms with Crippen LogP contribution in [0.5, 0.6) is 0 Å². The number of benzene rings is 2. The number of hydrogen-bond donors (Lipinski definition) is 1. The highest BCUT2D eigenvalue weighted by molar-refractivity contribution is 6.45. The molecule has 1 aliphatic rings. The fourth-order valence-electron chi connectivity index (χ4n) is 4.49. The molecule has 0 atom stereocenters. The lowest BCUT2D eigenvalue weighted by atomic mass is 9.80. The first-order chi connectivity index (χ1) is 16.0. The molecular formula is C26H29Cl2N3O3. The summed E-state index contributed by atoms with van der Waals surface area (Å²) < 4.78 is 7.37. The van der Waals surface area contributed by atoms with Crippen molar-refractivity contribution in [3.8, 4) is 0 Å². The van der Waals surface area contributed by atoms with Gasteiger partial charge in [0.15, 0.2) is 0 Å². The summed E-state index contributed by atoms with van der Waals surface area (Å²) in [5.41, 5.74) is 1.15. The molecule has 0 saturated carbocycles. The van der Waals surface area contributed by atoms with E-state index in [0.29, 0.717) is 41.7 Å². The van der Waals surface area contributed by atoms with Crippen LogP contribution in [0.4, 0.5) is 4.79 Å². The summed E-state index contributed by atoms with van der Waals surface area (Å²) in [6.45, 7) is 6.51. The highest BCUT2D eigenvalue weighted by Gasteiger charge is 2.40. The second kappa shape index (κ2) is 9.16. The first-order valence-electron chi connectivity index (χ1n) is 11.3. The SMILES string of the molecule is Cn1c(C(=O)NC2(c3ccccc3)CCN(C(=O)OC(C)(C)C)CC2)cc2c(Cl)c(Cl)ccc21. The number of piperidine rings is 1. The van der Waals surface area contributed by atoms with Gasteiger partial charge in [0.1, 0.15) is 11.3 Å². The van der Waals surface area contributed by atoms with Gasteiger partial charge in [-0.1, -0.05) is 53.5 Å². The molecule has 2 heterocycles. The van der Waals surface area contributed by atoms with Gasteiger partial charge in [-0.3, -0.25) is 4.79 Å². The summed E-state index contributed by atoms with van der Waals surface area (Å²) in [6, 6.07) is 15.3. The van der Waals surface area contributed by atoms with Crippen LogP contribution in [0.2, 0.25) is 10.0 Å². The average Bonchev–Trinajstić information content (AvgIpc) is 3.13. The number of hydrogen-bond acceptors (Lipinski definition) is 3. The van der Waals surface area contributed by atoms with Gasteiger partial charge in [0.25, 0.3) is 5.91 Å². The zero-order chi connectivity index (χ0) is 24.7. The molecule has 0 spiro atoms. The van der Waals surface area contributed by atoms with Gasteiger partial charge in [-0.05, 0) is 57.4 Å². The van der Waals surface area contributed by atoms with E-state index in [0.717, 1.165) is 16.5 Å². The molecular weight excluding hydrogens is 473 g/mol. The van der Waals surface area contributed by atoms with Gasteiger partial charge in [-0.25, -0.2) is 4.79 Å². The number of amides is 2. The third kappa shape index (κ3) is 4.75.